The van der Waals surface area contributed by atoms with E-state index in [1.54, 1.807) is 0 Å². The zero-order valence-electron chi connectivity index (χ0n) is 14.4. The Labute approximate surface area is 142 Å². The molecule has 1 aromatic carbocycles. The maximum atomic E-state index is 12.5. The highest BCUT2D eigenvalue weighted by atomic mass is 16.5. The number of hydrogen-bond donors (Lipinski definition) is 2. The largest absolute Gasteiger partial charge is 0.381 e. The van der Waals surface area contributed by atoms with Crippen LogP contribution in [-0.4, -0.2) is 31.6 Å². The van der Waals surface area contributed by atoms with E-state index >= 15 is 0 Å². The van der Waals surface area contributed by atoms with Crippen molar-refractivity contribution in [3.05, 3.63) is 34.9 Å². The summed E-state index contributed by atoms with van der Waals surface area (Å²) in [5, 5.41) is 2.97. The maximum Gasteiger partial charge on any atom is 0.225 e. The molecule has 0 radical (unpaired) electrons. The van der Waals surface area contributed by atoms with Crippen molar-refractivity contribution in [3.63, 3.8) is 0 Å². The summed E-state index contributed by atoms with van der Waals surface area (Å²) in [5.41, 5.74) is 8.68. The number of primary amides is 1. The Hall–Kier alpha value is -1.88. The van der Waals surface area contributed by atoms with Crippen molar-refractivity contribution in [3.8, 4) is 0 Å². The highest BCUT2D eigenvalue weighted by Crippen LogP contribution is 2.48. The lowest BCUT2D eigenvalue weighted by molar-refractivity contribution is -0.134. The Morgan fingerprint density at radius 3 is 2.58 bits per heavy atom. The molecule has 1 aliphatic carbocycles. The smallest absolute Gasteiger partial charge is 0.225 e. The Morgan fingerprint density at radius 1 is 1.25 bits per heavy atom. The molecular weight excluding hydrogens is 304 g/mol. The first-order valence-corrected chi connectivity index (χ1v) is 8.65. The lowest BCUT2D eigenvalue weighted by atomic mass is 9.79. The molecule has 0 spiro atoms. The van der Waals surface area contributed by atoms with Crippen molar-refractivity contribution in [2.24, 2.45) is 17.1 Å². The van der Waals surface area contributed by atoms with Gasteiger partial charge in [-0.25, -0.2) is 0 Å². The summed E-state index contributed by atoms with van der Waals surface area (Å²) in [4.78, 5) is 24.3. The molecule has 24 heavy (non-hydrogen) atoms. The lowest BCUT2D eigenvalue weighted by Gasteiger charge is -2.34. The van der Waals surface area contributed by atoms with Crippen LogP contribution in [0.3, 0.4) is 0 Å². The van der Waals surface area contributed by atoms with Crippen LogP contribution in [0.2, 0.25) is 0 Å². The number of carbonyl (C=O) groups is 2. The first kappa shape index (κ1) is 17.0. The summed E-state index contributed by atoms with van der Waals surface area (Å²) in [6.07, 6.45) is 2.03. The summed E-state index contributed by atoms with van der Waals surface area (Å²) >= 11 is 0. The Kier molecular flexibility index (Phi) is 4.63. The van der Waals surface area contributed by atoms with E-state index in [-0.39, 0.29) is 17.7 Å². The van der Waals surface area contributed by atoms with Gasteiger partial charge in [0, 0.05) is 25.7 Å². The van der Waals surface area contributed by atoms with Crippen molar-refractivity contribution < 1.29 is 14.3 Å². The molecule has 2 amide bonds. The summed E-state index contributed by atoms with van der Waals surface area (Å²) in [6, 6.07) is 6.41. The molecule has 0 unspecified atom stereocenters. The second-order valence-corrected chi connectivity index (χ2v) is 7.27. The first-order valence-electron chi connectivity index (χ1n) is 8.65. The summed E-state index contributed by atoms with van der Waals surface area (Å²) in [7, 11) is 0. The average Bonchev–Trinajstić information content (AvgIpc) is 3.36. The normalized spacial score (nSPS) is 25.1. The molecule has 3 rings (SSSR count). The quantitative estimate of drug-likeness (QED) is 0.864. The van der Waals surface area contributed by atoms with Gasteiger partial charge in [0.05, 0.1) is 5.41 Å². The number of nitrogens with two attached hydrogens (primary N) is 1. The summed E-state index contributed by atoms with van der Waals surface area (Å²) in [6.45, 7) is 5.55. The fraction of sp³-hybridized carbons (Fsp3) is 0.579. The van der Waals surface area contributed by atoms with Gasteiger partial charge in [-0.2, -0.15) is 0 Å². The maximum absolute atomic E-state index is 12.5. The molecule has 1 saturated carbocycles. The third kappa shape index (κ3) is 3.31. The Bertz CT molecular complexity index is 650. The van der Waals surface area contributed by atoms with Crippen LogP contribution in [0.4, 0.5) is 0 Å². The van der Waals surface area contributed by atoms with Crippen LogP contribution >= 0.6 is 0 Å². The highest BCUT2D eigenvalue weighted by Gasteiger charge is 2.45. The lowest BCUT2D eigenvalue weighted by Crippen LogP contribution is -2.49. The van der Waals surface area contributed by atoms with E-state index in [9.17, 15) is 9.59 Å². The summed E-state index contributed by atoms with van der Waals surface area (Å²) < 4.78 is 5.32. The van der Waals surface area contributed by atoms with Gasteiger partial charge in [-0.1, -0.05) is 18.2 Å². The summed E-state index contributed by atoms with van der Waals surface area (Å²) in [5.74, 6) is -0.00154. The zero-order valence-corrected chi connectivity index (χ0v) is 14.4. The van der Waals surface area contributed by atoms with E-state index in [1.807, 2.05) is 0 Å². The van der Waals surface area contributed by atoms with Crippen LogP contribution < -0.4 is 11.1 Å². The number of carbonyl (C=O) groups excluding carboxylic acids is 2. The van der Waals surface area contributed by atoms with E-state index in [0.29, 0.717) is 38.5 Å². The van der Waals surface area contributed by atoms with Crippen molar-refractivity contribution >= 4 is 11.8 Å². The van der Waals surface area contributed by atoms with E-state index in [4.69, 9.17) is 10.5 Å². The molecule has 2 fully saturated rings. The topological polar surface area (TPSA) is 81.4 Å². The zero-order chi connectivity index (χ0) is 17.3. The van der Waals surface area contributed by atoms with Crippen LogP contribution in [0.15, 0.2) is 18.2 Å². The van der Waals surface area contributed by atoms with Crippen LogP contribution in [-0.2, 0) is 14.3 Å². The number of aryl methyl sites for hydroxylation is 2. The second-order valence-electron chi connectivity index (χ2n) is 7.27. The minimum atomic E-state index is -0.654. The third-order valence-electron chi connectivity index (χ3n) is 5.66. The molecule has 2 atom stereocenters. The molecule has 1 heterocycles. The van der Waals surface area contributed by atoms with Gasteiger partial charge in [-0.3, -0.25) is 9.59 Å². The average molecular weight is 330 g/mol. The van der Waals surface area contributed by atoms with E-state index in [2.05, 4.69) is 37.4 Å². The standard InChI is InChI=1S/C19H26N2O3/c1-12-3-4-14(9-13(12)2)15-10-16(15)17(22)21-11-19(18(20)23)5-7-24-8-6-19/h3-4,9,15-16H,5-8,10-11H2,1-2H3,(H2,20,23)(H,21,22)/t15-,16+/m0/s1. The number of ether oxygens (including phenoxy) is 1. The van der Waals surface area contributed by atoms with Crippen molar-refractivity contribution in [2.75, 3.05) is 19.8 Å². The third-order valence-corrected chi connectivity index (χ3v) is 5.66. The molecule has 0 bridgehead atoms. The Morgan fingerprint density at radius 2 is 1.96 bits per heavy atom. The van der Waals surface area contributed by atoms with Gasteiger partial charge < -0.3 is 15.8 Å². The van der Waals surface area contributed by atoms with Crippen molar-refractivity contribution in [1.29, 1.82) is 0 Å². The van der Waals surface area contributed by atoms with E-state index in [1.165, 1.54) is 16.7 Å². The Balaban J connectivity index is 1.58. The first-order chi connectivity index (χ1) is 11.4. The number of benzene rings is 1. The minimum absolute atomic E-state index is 0.0110. The predicted octanol–water partition coefficient (Wildman–Crippen LogP) is 1.81. The van der Waals surface area contributed by atoms with Crippen LogP contribution in [0.1, 0.15) is 41.9 Å². The molecule has 1 saturated heterocycles. The minimum Gasteiger partial charge on any atom is -0.381 e. The molecule has 1 aliphatic heterocycles. The van der Waals surface area contributed by atoms with Crippen molar-refractivity contribution in [1.82, 2.24) is 5.32 Å². The molecule has 5 heteroatoms. The van der Waals surface area contributed by atoms with Gasteiger partial charge in [0.15, 0.2) is 0 Å². The van der Waals surface area contributed by atoms with Crippen LogP contribution in [0.5, 0.6) is 0 Å². The number of amides is 2. The van der Waals surface area contributed by atoms with E-state index in [0.717, 1.165) is 6.42 Å². The fourth-order valence-corrected chi connectivity index (χ4v) is 3.51. The van der Waals surface area contributed by atoms with Crippen LogP contribution in [0, 0.1) is 25.2 Å². The van der Waals surface area contributed by atoms with Gasteiger partial charge in [0.2, 0.25) is 11.8 Å². The molecule has 130 valence electrons. The van der Waals surface area contributed by atoms with Gasteiger partial charge in [0.25, 0.3) is 0 Å². The van der Waals surface area contributed by atoms with Gasteiger partial charge in [-0.15, -0.1) is 0 Å². The van der Waals surface area contributed by atoms with Gasteiger partial charge >= 0.3 is 0 Å². The molecule has 2 aliphatic rings. The van der Waals surface area contributed by atoms with Gasteiger partial charge in [0.1, 0.15) is 0 Å². The number of nitrogens with one attached hydrogen (secondary N) is 1. The number of hydrogen-bond acceptors (Lipinski definition) is 3. The molecular formula is C19H26N2O3. The number of rotatable bonds is 5. The second kappa shape index (κ2) is 6.55. The fourth-order valence-electron chi connectivity index (χ4n) is 3.51. The molecule has 0 aromatic heterocycles. The van der Waals surface area contributed by atoms with E-state index < -0.39 is 5.41 Å². The molecule has 5 nitrogen and oxygen atoms in total. The predicted molar refractivity (Wildman–Crippen MR) is 91.5 cm³/mol. The van der Waals surface area contributed by atoms with Crippen molar-refractivity contribution in [2.45, 2.75) is 39.0 Å². The SMILES string of the molecule is Cc1ccc([C@@H]2C[C@H]2C(=O)NCC2(C(N)=O)CCOCC2)cc1C. The monoisotopic (exact) mass is 330 g/mol. The molecule has 1 aromatic rings. The highest BCUT2D eigenvalue weighted by molar-refractivity contribution is 5.85. The van der Waals surface area contributed by atoms with Gasteiger partial charge in [-0.05, 0) is 55.7 Å². The van der Waals surface area contributed by atoms with Crippen LogP contribution in [0.25, 0.3) is 0 Å². The molecule has 3 N–H and O–H groups in total.